The zero-order chi connectivity index (χ0) is 19.8. The lowest BCUT2D eigenvalue weighted by Gasteiger charge is -2.31. The number of hydrogen-bond acceptors (Lipinski definition) is 7. The largest absolute Gasteiger partial charge is 0.368 e. The number of primary amides is 1. The lowest BCUT2D eigenvalue weighted by Crippen LogP contribution is -2.55. The molecule has 27 heavy (non-hydrogen) atoms. The van der Waals surface area contributed by atoms with E-state index < -0.39 is 11.4 Å². The van der Waals surface area contributed by atoms with Crippen LogP contribution in [0.5, 0.6) is 0 Å². The van der Waals surface area contributed by atoms with E-state index in [1.807, 2.05) is 26.4 Å². The zero-order valence-corrected chi connectivity index (χ0v) is 17.5. The number of nitrogens with one attached hydrogen (secondary N) is 1. The van der Waals surface area contributed by atoms with Crippen molar-refractivity contribution in [3.05, 3.63) is 16.1 Å². The average Bonchev–Trinajstić information content (AvgIpc) is 3.26. The molecule has 10 heteroatoms. The van der Waals surface area contributed by atoms with E-state index in [1.54, 1.807) is 18.3 Å². The first-order valence-corrected chi connectivity index (χ1v) is 10.4. The Morgan fingerprint density at radius 3 is 2.81 bits per heavy atom. The molecule has 1 aliphatic heterocycles. The van der Waals surface area contributed by atoms with E-state index in [0.29, 0.717) is 18.1 Å². The van der Waals surface area contributed by atoms with Crippen LogP contribution in [0.3, 0.4) is 0 Å². The Kier molecular flexibility index (Phi) is 5.50. The summed E-state index contributed by atoms with van der Waals surface area (Å²) in [4.78, 5) is 38.1. The number of carbonyl (C=O) groups is 2. The van der Waals surface area contributed by atoms with Crippen LogP contribution >= 0.6 is 22.7 Å². The number of nitrogens with zero attached hydrogens (tertiary/aromatic N) is 4. The molecule has 0 saturated carbocycles. The molecule has 3 N–H and O–H groups in total. The molecule has 2 aromatic heterocycles. The summed E-state index contributed by atoms with van der Waals surface area (Å²) < 4.78 is 0. The van der Waals surface area contributed by atoms with E-state index in [4.69, 9.17) is 5.73 Å². The number of likely N-dealkylation sites (tertiary alicyclic amines) is 1. The first-order valence-electron chi connectivity index (χ1n) is 8.66. The molecule has 1 fully saturated rings. The molecule has 1 saturated heterocycles. The predicted molar refractivity (Wildman–Crippen MR) is 108 cm³/mol. The highest BCUT2D eigenvalue weighted by Gasteiger charge is 2.44. The van der Waals surface area contributed by atoms with Gasteiger partial charge < -0.3 is 15.5 Å². The highest BCUT2D eigenvalue weighted by molar-refractivity contribution is 7.19. The van der Waals surface area contributed by atoms with Gasteiger partial charge in [0.15, 0.2) is 5.13 Å². The molecule has 1 atom stereocenters. The fourth-order valence-electron chi connectivity index (χ4n) is 3.15. The molecule has 3 amide bonds. The molecule has 0 spiro atoms. The molecule has 8 nitrogen and oxygen atoms in total. The third kappa shape index (κ3) is 3.97. The molecule has 3 heterocycles. The SMILES string of the molecule is Cc1nc(NC(=O)N2CCC[C@@]2(C)C(N)=O)sc1-c1csc(CN(C)C)n1. The molecule has 3 rings (SSSR count). The first-order chi connectivity index (χ1) is 12.7. The highest BCUT2D eigenvalue weighted by atomic mass is 32.1. The normalized spacial score (nSPS) is 19.7. The van der Waals surface area contributed by atoms with Crippen molar-refractivity contribution in [2.75, 3.05) is 26.0 Å². The van der Waals surface area contributed by atoms with Crippen molar-refractivity contribution in [2.45, 2.75) is 38.8 Å². The molecule has 146 valence electrons. The Labute approximate surface area is 166 Å². The third-order valence-electron chi connectivity index (χ3n) is 4.66. The Balaban J connectivity index is 1.76. The van der Waals surface area contributed by atoms with Crippen molar-refractivity contribution in [2.24, 2.45) is 5.73 Å². The number of anilines is 1. The second-order valence-electron chi connectivity index (χ2n) is 7.12. The number of carbonyl (C=O) groups excluding carboxylic acids is 2. The number of nitrogens with two attached hydrogens (primary N) is 1. The number of hydrogen-bond donors (Lipinski definition) is 2. The fraction of sp³-hybridized carbons (Fsp3) is 0.529. The Morgan fingerprint density at radius 2 is 2.15 bits per heavy atom. The van der Waals surface area contributed by atoms with Gasteiger partial charge in [-0.3, -0.25) is 10.1 Å². The van der Waals surface area contributed by atoms with Gasteiger partial charge in [-0.1, -0.05) is 11.3 Å². The van der Waals surface area contributed by atoms with Crippen molar-refractivity contribution >= 4 is 39.7 Å². The van der Waals surface area contributed by atoms with Crippen LogP contribution in [-0.4, -0.2) is 57.9 Å². The Bertz CT molecular complexity index is 861. The van der Waals surface area contributed by atoms with Crippen LogP contribution < -0.4 is 11.1 Å². The molecule has 0 aliphatic carbocycles. The Morgan fingerprint density at radius 1 is 1.41 bits per heavy atom. The molecule has 0 aromatic carbocycles. The minimum absolute atomic E-state index is 0.347. The lowest BCUT2D eigenvalue weighted by molar-refractivity contribution is -0.126. The third-order valence-corrected chi connectivity index (χ3v) is 6.59. The monoisotopic (exact) mass is 408 g/mol. The van der Waals surface area contributed by atoms with Gasteiger partial charge in [0.1, 0.15) is 10.5 Å². The van der Waals surface area contributed by atoms with Crippen molar-refractivity contribution in [3.63, 3.8) is 0 Å². The van der Waals surface area contributed by atoms with Gasteiger partial charge in [-0.2, -0.15) is 0 Å². The van der Waals surface area contributed by atoms with Crippen LogP contribution in [0.2, 0.25) is 0 Å². The Hall–Kier alpha value is -2.04. The maximum absolute atomic E-state index is 12.7. The van der Waals surface area contributed by atoms with Gasteiger partial charge in [0.2, 0.25) is 5.91 Å². The molecular weight excluding hydrogens is 384 g/mol. The molecular formula is C17H24N6O2S2. The summed E-state index contributed by atoms with van der Waals surface area (Å²) in [6.45, 7) is 4.90. The van der Waals surface area contributed by atoms with E-state index >= 15 is 0 Å². The van der Waals surface area contributed by atoms with Gasteiger partial charge in [0, 0.05) is 18.5 Å². The van der Waals surface area contributed by atoms with Crippen LogP contribution in [0.25, 0.3) is 10.6 Å². The number of rotatable bonds is 5. The van der Waals surface area contributed by atoms with E-state index in [9.17, 15) is 9.59 Å². The van der Waals surface area contributed by atoms with Crippen LogP contribution in [0.1, 0.15) is 30.5 Å². The summed E-state index contributed by atoms with van der Waals surface area (Å²) in [5, 5.41) is 6.35. The second kappa shape index (κ2) is 7.53. The quantitative estimate of drug-likeness (QED) is 0.791. The van der Waals surface area contributed by atoms with Crippen molar-refractivity contribution in [1.82, 2.24) is 19.8 Å². The maximum atomic E-state index is 12.7. The van der Waals surface area contributed by atoms with E-state index in [0.717, 1.165) is 34.2 Å². The standard InChI is InChI=1S/C17H24N6O2S2/c1-10-13(11-9-26-12(20-11)8-22(3)4)27-15(19-10)21-16(25)23-7-5-6-17(23,2)14(18)24/h9H,5-8H2,1-4H3,(H2,18,24)(H,19,21,25)/t17-/m0/s1. The fourth-order valence-corrected chi connectivity index (χ4v) is 5.04. The van der Waals surface area contributed by atoms with Gasteiger partial charge in [0.05, 0.1) is 16.3 Å². The van der Waals surface area contributed by atoms with E-state index in [1.165, 1.54) is 16.2 Å². The van der Waals surface area contributed by atoms with Gasteiger partial charge in [0.25, 0.3) is 0 Å². The molecule has 0 unspecified atom stereocenters. The van der Waals surface area contributed by atoms with Gasteiger partial charge >= 0.3 is 6.03 Å². The van der Waals surface area contributed by atoms with Crippen molar-refractivity contribution in [3.8, 4) is 10.6 Å². The number of thiazole rings is 2. The summed E-state index contributed by atoms with van der Waals surface area (Å²) in [5.74, 6) is -0.484. The predicted octanol–water partition coefficient (Wildman–Crippen LogP) is 2.51. The minimum Gasteiger partial charge on any atom is -0.368 e. The van der Waals surface area contributed by atoms with Gasteiger partial charge in [-0.05, 0) is 40.8 Å². The van der Waals surface area contributed by atoms with E-state index in [2.05, 4.69) is 20.2 Å². The molecule has 0 bridgehead atoms. The summed E-state index contributed by atoms with van der Waals surface area (Å²) in [5.41, 5.74) is 6.25. The summed E-state index contributed by atoms with van der Waals surface area (Å²) in [6.07, 6.45) is 1.33. The maximum Gasteiger partial charge on any atom is 0.324 e. The van der Waals surface area contributed by atoms with Crippen LogP contribution in [0.15, 0.2) is 5.38 Å². The number of amides is 3. The number of urea groups is 1. The van der Waals surface area contributed by atoms with E-state index in [-0.39, 0.29) is 6.03 Å². The topological polar surface area (TPSA) is 104 Å². The average molecular weight is 409 g/mol. The van der Waals surface area contributed by atoms with Crippen LogP contribution in [0.4, 0.5) is 9.93 Å². The molecule has 0 radical (unpaired) electrons. The molecule has 1 aliphatic rings. The summed E-state index contributed by atoms with van der Waals surface area (Å²) >= 11 is 2.99. The zero-order valence-electron chi connectivity index (χ0n) is 15.9. The number of aromatic nitrogens is 2. The van der Waals surface area contributed by atoms with Crippen molar-refractivity contribution in [1.29, 1.82) is 0 Å². The molecule has 2 aromatic rings. The minimum atomic E-state index is -0.949. The summed E-state index contributed by atoms with van der Waals surface area (Å²) in [7, 11) is 4.01. The first kappa shape index (κ1) is 19.7. The smallest absolute Gasteiger partial charge is 0.324 e. The second-order valence-corrected chi connectivity index (χ2v) is 9.06. The highest BCUT2D eigenvalue weighted by Crippen LogP contribution is 2.35. The van der Waals surface area contributed by atoms with Crippen LogP contribution in [-0.2, 0) is 11.3 Å². The summed E-state index contributed by atoms with van der Waals surface area (Å²) in [6, 6.07) is -0.347. The lowest BCUT2D eigenvalue weighted by atomic mass is 9.98. The van der Waals surface area contributed by atoms with Gasteiger partial charge in [-0.15, -0.1) is 11.3 Å². The van der Waals surface area contributed by atoms with Gasteiger partial charge in [-0.25, -0.2) is 14.8 Å². The van der Waals surface area contributed by atoms with Crippen LogP contribution in [0, 0.1) is 6.92 Å². The number of aryl methyl sites for hydroxylation is 1. The van der Waals surface area contributed by atoms with Crippen molar-refractivity contribution < 1.29 is 9.59 Å².